The van der Waals surface area contributed by atoms with E-state index in [9.17, 15) is 19.2 Å². The number of ether oxygens (including phenoxy) is 1. The van der Waals surface area contributed by atoms with Crippen LogP contribution in [-0.4, -0.2) is 51.4 Å². The summed E-state index contributed by atoms with van der Waals surface area (Å²) in [6.07, 6.45) is 5.96. The van der Waals surface area contributed by atoms with E-state index >= 15 is 0 Å². The van der Waals surface area contributed by atoms with Crippen molar-refractivity contribution in [2.45, 2.75) is 20.3 Å². The zero-order valence-corrected chi connectivity index (χ0v) is 16.0. The Hall–Kier alpha value is -3.62. The highest BCUT2D eigenvalue weighted by atomic mass is 16.5. The molecule has 0 radical (unpaired) electrons. The number of carbonyl (C=O) groups is 4. The van der Waals surface area contributed by atoms with Crippen LogP contribution in [0.3, 0.4) is 0 Å². The van der Waals surface area contributed by atoms with Crippen molar-refractivity contribution in [1.82, 2.24) is 0 Å². The van der Waals surface area contributed by atoms with Gasteiger partial charge < -0.3 is 25.2 Å². The molecule has 0 heterocycles. The van der Waals surface area contributed by atoms with Gasteiger partial charge in [0.05, 0.1) is 13.4 Å². The third-order valence-electron chi connectivity index (χ3n) is 0.865. The van der Waals surface area contributed by atoms with E-state index in [-0.39, 0.29) is 0 Å². The summed E-state index contributed by atoms with van der Waals surface area (Å²) >= 11 is 0. The SMILES string of the molecule is C=CC(=O)O.C=CC(=O)O.C=CC(=O)O.C=CC(=O)O.C=COC.CCC. The van der Waals surface area contributed by atoms with Crippen LogP contribution < -0.4 is 0 Å². The molecule has 0 spiro atoms. The highest BCUT2D eigenvalue weighted by Crippen LogP contribution is 1.57. The fourth-order valence-electron chi connectivity index (χ4n) is 0. The van der Waals surface area contributed by atoms with Crippen molar-refractivity contribution in [2.75, 3.05) is 7.11 Å². The molecule has 156 valence electrons. The molecule has 0 rings (SSSR count). The zero-order valence-electron chi connectivity index (χ0n) is 16.0. The lowest BCUT2D eigenvalue weighted by Gasteiger charge is -1.73. The molecule has 0 aliphatic carbocycles. The minimum atomic E-state index is -0.981. The second-order valence-corrected chi connectivity index (χ2v) is 3.28. The molecule has 0 aromatic carbocycles. The molecule has 0 aliphatic heterocycles. The van der Waals surface area contributed by atoms with Crippen molar-refractivity contribution in [3.63, 3.8) is 0 Å². The van der Waals surface area contributed by atoms with Gasteiger partial charge in [0.1, 0.15) is 0 Å². The molecule has 0 saturated carbocycles. The number of aliphatic carboxylic acids is 4. The van der Waals surface area contributed by atoms with Gasteiger partial charge in [-0.25, -0.2) is 19.2 Å². The van der Waals surface area contributed by atoms with Gasteiger partial charge in [0, 0.05) is 24.3 Å². The minimum absolute atomic E-state index is 0.833. The van der Waals surface area contributed by atoms with Crippen LogP contribution in [0.5, 0.6) is 0 Å². The highest BCUT2D eigenvalue weighted by Gasteiger charge is 1.74. The van der Waals surface area contributed by atoms with E-state index in [4.69, 9.17) is 20.4 Å². The maximum absolute atomic E-state index is 9.25. The first-order valence-electron chi connectivity index (χ1n) is 6.97. The largest absolute Gasteiger partial charge is 0.505 e. The Morgan fingerprint density at radius 2 is 0.741 bits per heavy atom. The van der Waals surface area contributed by atoms with Gasteiger partial charge in [-0.05, 0) is 0 Å². The molecule has 0 atom stereocenters. The van der Waals surface area contributed by atoms with Crippen molar-refractivity contribution < 1.29 is 44.3 Å². The Morgan fingerprint density at radius 3 is 0.741 bits per heavy atom. The normalized spacial score (nSPS) is 6.19. The van der Waals surface area contributed by atoms with E-state index < -0.39 is 23.9 Å². The molecule has 4 N–H and O–H groups in total. The standard InChI is InChI=1S/4C3H4O2.C3H6O.C3H8/c4*1-2-3(4)5;1-3-4-2;1-3-2/h4*2H,1H2,(H,4,5);3H,1H2,2H3;3H2,1-2H3. The van der Waals surface area contributed by atoms with Crippen LogP contribution in [0.25, 0.3) is 0 Å². The average molecular weight is 390 g/mol. The molecule has 0 unspecified atom stereocenters. The first-order valence-corrected chi connectivity index (χ1v) is 6.97. The quantitative estimate of drug-likeness (QED) is 0.408. The molecule has 9 heteroatoms. The molecule has 0 aromatic heterocycles. The monoisotopic (exact) mass is 390 g/mol. The molecule has 0 fully saturated rings. The number of methoxy groups -OCH3 is 1. The van der Waals surface area contributed by atoms with Crippen molar-refractivity contribution in [2.24, 2.45) is 0 Å². The van der Waals surface area contributed by atoms with Gasteiger partial charge >= 0.3 is 23.9 Å². The van der Waals surface area contributed by atoms with Crippen LogP contribution in [0.4, 0.5) is 0 Å². The summed E-state index contributed by atoms with van der Waals surface area (Å²) in [5, 5.41) is 30.4. The number of rotatable bonds is 5. The Morgan fingerprint density at radius 1 is 0.667 bits per heavy atom. The Labute approximate surface area is 159 Å². The zero-order chi connectivity index (χ0) is 23.3. The topological polar surface area (TPSA) is 158 Å². The predicted molar refractivity (Wildman–Crippen MR) is 105 cm³/mol. The summed E-state index contributed by atoms with van der Waals surface area (Å²) in [7, 11) is 1.56. The fourth-order valence-corrected chi connectivity index (χ4v) is 0. The molecule has 0 saturated heterocycles. The van der Waals surface area contributed by atoms with E-state index in [1.165, 1.54) is 12.7 Å². The first-order chi connectivity index (χ1) is 12.4. The fraction of sp³-hybridized carbons (Fsp3) is 0.222. The Kier molecular flexibility index (Phi) is 62.1. The van der Waals surface area contributed by atoms with Gasteiger partial charge in [-0.3, -0.25) is 0 Å². The van der Waals surface area contributed by atoms with Crippen molar-refractivity contribution in [3.8, 4) is 0 Å². The summed E-state index contributed by atoms with van der Waals surface area (Å²) in [6.45, 7) is 19.3. The summed E-state index contributed by atoms with van der Waals surface area (Å²) in [5.74, 6) is -3.93. The molecule has 0 aromatic rings. The summed E-state index contributed by atoms with van der Waals surface area (Å²) in [6, 6.07) is 0. The summed E-state index contributed by atoms with van der Waals surface area (Å²) < 4.78 is 4.31. The van der Waals surface area contributed by atoms with E-state index in [1.807, 2.05) is 0 Å². The maximum atomic E-state index is 9.25. The molecule has 0 bridgehead atoms. The lowest BCUT2D eigenvalue weighted by molar-refractivity contribution is -0.132. The van der Waals surface area contributed by atoms with Crippen LogP contribution in [-0.2, 0) is 23.9 Å². The Bertz CT molecular complexity index is 366. The van der Waals surface area contributed by atoms with Crippen LogP contribution in [0.2, 0.25) is 0 Å². The number of carboxylic acids is 4. The van der Waals surface area contributed by atoms with Crippen molar-refractivity contribution in [3.05, 3.63) is 63.5 Å². The van der Waals surface area contributed by atoms with Crippen LogP contribution in [0.15, 0.2) is 63.5 Å². The molecular weight excluding hydrogens is 360 g/mol. The second kappa shape index (κ2) is 43.2. The van der Waals surface area contributed by atoms with Gasteiger partial charge in [-0.2, -0.15) is 0 Å². The highest BCUT2D eigenvalue weighted by molar-refractivity contribution is 5.79. The third kappa shape index (κ3) is 321. The molecule has 0 aliphatic rings. The van der Waals surface area contributed by atoms with Gasteiger partial charge in [-0.15, -0.1) is 0 Å². The Balaban J connectivity index is -0.0000000494. The van der Waals surface area contributed by atoms with E-state index in [2.05, 4.69) is 51.5 Å². The van der Waals surface area contributed by atoms with Crippen molar-refractivity contribution in [1.29, 1.82) is 0 Å². The summed E-state index contributed by atoms with van der Waals surface area (Å²) in [5.41, 5.74) is 0. The molecular formula is C18H30O9. The maximum Gasteiger partial charge on any atom is 0.327 e. The predicted octanol–water partition coefficient (Wildman–Crippen LogP) is 3.22. The van der Waals surface area contributed by atoms with Gasteiger partial charge in [-0.1, -0.05) is 53.2 Å². The second-order valence-electron chi connectivity index (χ2n) is 3.28. The summed E-state index contributed by atoms with van der Waals surface area (Å²) in [4.78, 5) is 37.0. The lowest BCUT2D eigenvalue weighted by Crippen LogP contribution is -1.82. The lowest BCUT2D eigenvalue weighted by atomic mass is 10.6. The average Bonchev–Trinajstić information content (AvgIpc) is 2.63. The van der Waals surface area contributed by atoms with E-state index in [0.29, 0.717) is 0 Å². The van der Waals surface area contributed by atoms with Crippen LogP contribution in [0.1, 0.15) is 20.3 Å². The van der Waals surface area contributed by atoms with E-state index in [0.717, 1.165) is 24.3 Å². The van der Waals surface area contributed by atoms with Gasteiger partial charge in [0.15, 0.2) is 0 Å². The smallest absolute Gasteiger partial charge is 0.327 e. The van der Waals surface area contributed by atoms with Crippen LogP contribution >= 0.6 is 0 Å². The molecule has 27 heavy (non-hydrogen) atoms. The van der Waals surface area contributed by atoms with E-state index in [1.54, 1.807) is 7.11 Å². The minimum Gasteiger partial charge on any atom is -0.505 e. The van der Waals surface area contributed by atoms with Gasteiger partial charge in [0.2, 0.25) is 0 Å². The number of carboxylic acid groups (broad SMARTS) is 4. The van der Waals surface area contributed by atoms with Crippen LogP contribution in [0, 0.1) is 0 Å². The number of hydrogen-bond acceptors (Lipinski definition) is 5. The number of hydrogen-bond donors (Lipinski definition) is 4. The molecule has 0 amide bonds. The molecule has 9 nitrogen and oxygen atoms in total. The third-order valence-corrected chi connectivity index (χ3v) is 0.865. The van der Waals surface area contributed by atoms with Crippen molar-refractivity contribution >= 4 is 23.9 Å². The first kappa shape index (κ1) is 38.8. The van der Waals surface area contributed by atoms with Gasteiger partial charge in [0.25, 0.3) is 0 Å².